The highest BCUT2D eigenvalue weighted by atomic mass is 35.5. The standard InChI is InChI=1S/C15H19ClN2O2/c16-12-5-11-7-17-18-14(11)13(6-12)15(20)10-3-1-9(8-19)2-4-10/h5-7,9-10,15,19-20H,1-4,8H2,(H,17,18). The van der Waals surface area contributed by atoms with Crippen LogP contribution >= 0.6 is 11.6 Å². The highest BCUT2D eigenvalue weighted by molar-refractivity contribution is 6.31. The highest BCUT2D eigenvalue weighted by Gasteiger charge is 2.28. The Balaban J connectivity index is 1.85. The van der Waals surface area contributed by atoms with Crippen LogP contribution in [0.5, 0.6) is 0 Å². The quantitative estimate of drug-likeness (QED) is 0.815. The van der Waals surface area contributed by atoms with Crippen molar-refractivity contribution >= 4 is 22.5 Å². The number of aromatic amines is 1. The Hall–Kier alpha value is -1.10. The molecule has 0 saturated heterocycles. The first-order chi connectivity index (χ1) is 9.69. The molecule has 3 N–H and O–H groups in total. The summed E-state index contributed by atoms with van der Waals surface area (Å²) in [6.07, 6.45) is 5.02. The number of benzene rings is 1. The van der Waals surface area contributed by atoms with Crippen LogP contribution in [0.2, 0.25) is 5.02 Å². The molecule has 1 aliphatic rings. The second-order valence-corrected chi connectivity index (χ2v) is 6.17. The number of H-pyrrole nitrogens is 1. The van der Waals surface area contributed by atoms with E-state index in [1.165, 1.54) is 0 Å². The molecule has 108 valence electrons. The topological polar surface area (TPSA) is 69.1 Å². The summed E-state index contributed by atoms with van der Waals surface area (Å²) in [5.74, 6) is 0.618. The number of rotatable bonds is 3. The van der Waals surface area contributed by atoms with Crippen LogP contribution in [0.1, 0.15) is 37.4 Å². The van der Waals surface area contributed by atoms with Crippen LogP contribution in [0, 0.1) is 11.8 Å². The zero-order valence-corrected chi connectivity index (χ0v) is 12.0. The average Bonchev–Trinajstić information content (AvgIpc) is 2.94. The largest absolute Gasteiger partial charge is 0.396 e. The molecule has 0 aliphatic heterocycles. The van der Waals surface area contributed by atoms with Crippen LogP contribution < -0.4 is 0 Å². The van der Waals surface area contributed by atoms with Crippen molar-refractivity contribution in [3.63, 3.8) is 0 Å². The number of aliphatic hydroxyl groups excluding tert-OH is 2. The van der Waals surface area contributed by atoms with Crippen molar-refractivity contribution in [2.75, 3.05) is 6.61 Å². The molecular weight excluding hydrogens is 276 g/mol. The van der Waals surface area contributed by atoms with Crippen LogP contribution in [0.15, 0.2) is 18.3 Å². The minimum atomic E-state index is -0.531. The number of aromatic nitrogens is 2. The van der Waals surface area contributed by atoms with Crippen LogP contribution in [-0.2, 0) is 0 Å². The summed E-state index contributed by atoms with van der Waals surface area (Å²) in [6, 6.07) is 3.67. The van der Waals surface area contributed by atoms with Gasteiger partial charge in [0.05, 0.1) is 17.8 Å². The van der Waals surface area contributed by atoms with E-state index in [1.807, 2.05) is 12.1 Å². The maximum absolute atomic E-state index is 10.7. The van der Waals surface area contributed by atoms with Crippen molar-refractivity contribution in [3.05, 3.63) is 28.9 Å². The number of fused-ring (bicyclic) bond motifs is 1. The summed E-state index contributed by atoms with van der Waals surface area (Å²) in [7, 11) is 0. The van der Waals surface area contributed by atoms with Crippen LogP contribution in [0.4, 0.5) is 0 Å². The normalized spacial score (nSPS) is 24.9. The van der Waals surface area contributed by atoms with Crippen LogP contribution in [-0.4, -0.2) is 27.0 Å². The average molecular weight is 295 g/mol. The molecule has 20 heavy (non-hydrogen) atoms. The lowest BCUT2D eigenvalue weighted by Gasteiger charge is -2.31. The minimum Gasteiger partial charge on any atom is -0.396 e. The fourth-order valence-electron chi connectivity index (χ4n) is 3.22. The van der Waals surface area contributed by atoms with E-state index >= 15 is 0 Å². The monoisotopic (exact) mass is 294 g/mol. The molecule has 3 rings (SSSR count). The minimum absolute atomic E-state index is 0.225. The summed E-state index contributed by atoms with van der Waals surface area (Å²) in [6.45, 7) is 0.255. The number of halogens is 1. The molecule has 1 unspecified atom stereocenters. The molecule has 1 saturated carbocycles. The van der Waals surface area contributed by atoms with Gasteiger partial charge in [-0.2, -0.15) is 5.10 Å². The number of hydrogen-bond donors (Lipinski definition) is 3. The van der Waals surface area contributed by atoms with Crippen molar-refractivity contribution in [1.29, 1.82) is 0 Å². The van der Waals surface area contributed by atoms with E-state index in [0.717, 1.165) is 42.1 Å². The van der Waals surface area contributed by atoms with Gasteiger partial charge in [-0.25, -0.2) is 0 Å². The summed E-state index contributed by atoms with van der Waals surface area (Å²) in [4.78, 5) is 0. The fourth-order valence-corrected chi connectivity index (χ4v) is 3.46. The van der Waals surface area contributed by atoms with Gasteiger partial charge in [-0.15, -0.1) is 0 Å². The Bertz CT molecular complexity index is 591. The zero-order valence-electron chi connectivity index (χ0n) is 11.2. The SMILES string of the molecule is OCC1CCC(C(O)c2cc(Cl)cc3cn[nH]c23)CC1. The lowest BCUT2D eigenvalue weighted by Crippen LogP contribution is -2.22. The van der Waals surface area contributed by atoms with Crippen LogP contribution in [0.3, 0.4) is 0 Å². The molecular formula is C15H19ClN2O2. The van der Waals surface area contributed by atoms with Crippen molar-refractivity contribution < 1.29 is 10.2 Å². The van der Waals surface area contributed by atoms with Gasteiger partial charge in [-0.05, 0) is 49.7 Å². The molecule has 2 aromatic rings. The van der Waals surface area contributed by atoms with Gasteiger partial charge in [0.2, 0.25) is 0 Å². The number of hydrogen-bond acceptors (Lipinski definition) is 3. The van der Waals surface area contributed by atoms with Crippen LogP contribution in [0.25, 0.3) is 10.9 Å². The Labute approximate surface area is 122 Å². The second kappa shape index (κ2) is 5.72. The van der Waals surface area contributed by atoms with E-state index in [-0.39, 0.29) is 12.5 Å². The lowest BCUT2D eigenvalue weighted by molar-refractivity contribution is 0.0634. The summed E-state index contributed by atoms with van der Waals surface area (Å²) >= 11 is 6.12. The summed E-state index contributed by atoms with van der Waals surface area (Å²) in [5.41, 5.74) is 1.70. The maximum atomic E-state index is 10.7. The Morgan fingerprint density at radius 3 is 2.75 bits per heavy atom. The molecule has 1 aromatic carbocycles. The van der Waals surface area contributed by atoms with E-state index in [9.17, 15) is 10.2 Å². The molecule has 1 aromatic heterocycles. The van der Waals surface area contributed by atoms with Gasteiger partial charge >= 0.3 is 0 Å². The van der Waals surface area contributed by atoms with E-state index in [4.69, 9.17) is 11.6 Å². The first kappa shape index (κ1) is 13.9. The molecule has 1 fully saturated rings. The summed E-state index contributed by atoms with van der Waals surface area (Å²) in [5, 5.41) is 28.4. The van der Waals surface area contributed by atoms with Gasteiger partial charge in [0.25, 0.3) is 0 Å². The second-order valence-electron chi connectivity index (χ2n) is 5.74. The lowest BCUT2D eigenvalue weighted by atomic mass is 9.78. The highest BCUT2D eigenvalue weighted by Crippen LogP contribution is 2.39. The zero-order chi connectivity index (χ0) is 14.1. The molecule has 1 atom stereocenters. The predicted octanol–water partition coefficient (Wildman–Crippen LogP) is 3.05. The van der Waals surface area contributed by atoms with Gasteiger partial charge in [0.1, 0.15) is 0 Å². The summed E-state index contributed by atoms with van der Waals surface area (Å²) < 4.78 is 0. The molecule has 0 spiro atoms. The van der Waals surface area contributed by atoms with Gasteiger partial charge in [-0.1, -0.05) is 11.6 Å². The van der Waals surface area contributed by atoms with Crippen molar-refractivity contribution in [2.24, 2.45) is 11.8 Å². The molecule has 1 aliphatic carbocycles. The molecule has 0 radical (unpaired) electrons. The van der Waals surface area contributed by atoms with E-state index in [0.29, 0.717) is 10.9 Å². The first-order valence-corrected chi connectivity index (χ1v) is 7.48. The first-order valence-electron chi connectivity index (χ1n) is 7.10. The number of aliphatic hydroxyl groups is 2. The smallest absolute Gasteiger partial charge is 0.0839 e. The van der Waals surface area contributed by atoms with Gasteiger partial charge in [0, 0.05) is 22.6 Å². The van der Waals surface area contributed by atoms with Gasteiger partial charge in [0.15, 0.2) is 0 Å². The third-order valence-electron chi connectivity index (χ3n) is 4.46. The van der Waals surface area contributed by atoms with E-state index in [1.54, 1.807) is 6.20 Å². The molecule has 0 amide bonds. The fraction of sp³-hybridized carbons (Fsp3) is 0.533. The molecule has 1 heterocycles. The van der Waals surface area contributed by atoms with Crippen molar-refractivity contribution in [3.8, 4) is 0 Å². The predicted molar refractivity (Wildman–Crippen MR) is 78.6 cm³/mol. The van der Waals surface area contributed by atoms with Gasteiger partial charge in [-0.3, -0.25) is 5.10 Å². The molecule has 0 bridgehead atoms. The molecule has 4 nitrogen and oxygen atoms in total. The Morgan fingerprint density at radius 2 is 2.05 bits per heavy atom. The number of nitrogens with zero attached hydrogens (tertiary/aromatic N) is 1. The van der Waals surface area contributed by atoms with E-state index < -0.39 is 6.10 Å². The maximum Gasteiger partial charge on any atom is 0.0839 e. The van der Waals surface area contributed by atoms with Gasteiger partial charge < -0.3 is 10.2 Å². The molecule has 5 heteroatoms. The van der Waals surface area contributed by atoms with Crippen molar-refractivity contribution in [1.82, 2.24) is 10.2 Å². The Kier molecular flexibility index (Phi) is 3.96. The Morgan fingerprint density at radius 1 is 1.30 bits per heavy atom. The van der Waals surface area contributed by atoms with Crippen molar-refractivity contribution in [2.45, 2.75) is 31.8 Å². The third-order valence-corrected chi connectivity index (χ3v) is 4.68. The van der Waals surface area contributed by atoms with E-state index in [2.05, 4.69) is 10.2 Å². The number of nitrogens with one attached hydrogen (secondary N) is 1. The third kappa shape index (κ3) is 2.55.